The molecule has 0 atom stereocenters. The van der Waals surface area contributed by atoms with Crippen LogP contribution in [0.4, 0.5) is 0 Å². The number of rotatable bonds is 3. The van der Waals surface area contributed by atoms with E-state index < -0.39 is 0 Å². The lowest BCUT2D eigenvalue weighted by Crippen LogP contribution is -2.37. The third-order valence-electron chi connectivity index (χ3n) is 5.28. The van der Waals surface area contributed by atoms with Crippen molar-refractivity contribution < 1.29 is 9.53 Å². The first-order valence-electron chi connectivity index (χ1n) is 9.24. The van der Waals surface area contributed by atoms with Gasteiger partial charge in [-0.3, -0.25) is 4.79 Å². The maximum Gasteiger partial charge on any atom is 0.257 e. The predicted octanol–water partition coefficient (Wildman–Crippen LogP) is 2.15. The van der Waals surface area contributed by atoms with Crippen LogP contribution < -0.4 is 10.1 Å². The van der Waals surface area contributed by atoms with Crippen molar-refractivity contribution in [2.24, 2.45) is 0 Å². The third-order valence-corrected chi connectivity index (χ3v) is 5.28. The van der Waals surface area contributed by atoms with Crippen LogP contribution in [0.25, 0.3) is 0 Å². The molecule has 0 aliphatic carbocycles. The van der Waals surface area contributed by atoms with E-state index in [1.165, 1.54) is 0 Å². The molecule has 2 aliphatic rings. The number of nitrogens with one attached hydrogen (secondary N) is 1. The van der Waals surface area contributed by atoms with Crippen LogP contribution >= 0.6 is 0 Å². The zero-order valence-corrected chi connectivity index (χ0v) is 15.1. The Morgan fingerprint density at radius 2 is 2.08 bits per heavy atom. The fourth-order valence-corrected chi connectivity index (χ4v) is 3.77. The summed E-state index contributed by atoms with van der Waals surface area (Å²) in [6, 6.07) is 7.37. The second kappa shape index (κ2) is 7.41. The van der Waals surface area contributed by atoms with E-state index in [9.17, 15) is 4.79 Å². The Labute approximate surface area is 153 Å². The van der Waals surface area contributed by atoms with Crippen LogP contribution in [0.3, 0.4) is 0 Å². The van der Waals surface area contributed by atoms with Crippen molar-refractivity contribution in [3.8, 4) is 5.75 Å². The SMILES string of the molecule is COc1ccccc1C(=O)N1CCc2nc(C3CCNCC3)ncc2C1. The van der Waals surface area contributed by atoms with Crippen molar-refractivity contribution >= 4 is 5.91 Å². The Morgan fingerprint density at radius 3 is 2.88 bits per heavy atom. The van der Waals surface area contributed by atoms with Gasteiger partial charge in [-0.25, -0.2) is 9.97 Å². The molecule has 3 heterocycles. The van der Waals surface area contributed by atoms with Crippen LogP contribution in [0.1, 0.15) is 46.2 Å². The van der Waals surface area contributed by atoms with E-state index in [4.69, 9.17) is 9.72 Å². The van der Waals surface area contributed by atoms with Gasteiger partial charge < -0.3 is 15.0 Å². The average Bonchev–Trinajstić information content (AvgIpc) is 2.73. The molecule has 0 saturated carbocycles. The second-order valence-corrected chi connectivity index (χ2v) is 6.90. The Balaban J connectivity index is 1.52. The summed E-state index contributed by atoms with van der Waals surface area (Å²) >= 11 is 0. The molecule has 1 aromatic carbocycles. The molecule has 1 amide bonds. The molecule has 4 rings (SSSR count). The van der Waals surface area contributed by atoms with Gasteiger partial charge in [-0.15, -0.1) is 0 Å². The molecule has 0 spiro atoms. The molecule has 1 aromatic heterocycles. The van der Waals surface area contributed by atoms with E-state index in [0.29, 0.717) is 30.3 Å². The molecular formula is C20H24N4O2. The summed E-state index contributed by atoms with van der Waals surface area (Å²) in [4.78, 5) is 24.2. The highest BCUT2D eigenvalue weighted by Gasteiger charge is 2.26. The molecule has 6 heteroatoms. The Bertz CT molecular complexity index is 802. The number of amides is 1. The average molecular weight is 352 g/mol. The van der Waals surface area contributed by atoms with E-state index in [1.54, 1.807) is 7.11 Å². The predicted molar refractivity (Wildman–Crippen MR) is 98.3 cm³/mol. The minimum Gasteiger partial charge on any atom is -0.496 e. The number of aromatic nitrogens is 2. The molecule has 0 bridgehead atoms. The Morgan fingerprint density at radius 1 is 1.27 bits per heavy atom. The molecule has 6 nitrogen and oxygen atoms in total. The molecule has 26 heavy (non-hydrogen) atoms. The molecule has 1 saturated heterocycles. The Hall–Kier alpha value is -2.47. The zero-order valence-electron chi connectivity index (χ0n) is 15.1. The highest BCUT2D eigenvalue weighted by Crippen LogP contribution is 2.26. The van der Waals surface area contributed by atoms with Crippen LogP contribution in [0.2, 0.25) is 0 Å². The molecule has 0 unspecified atom stereocenters. The lowest BCUT2D eigenvalue weighted by molar-refractivity contribution is 0.0729. The number of hydrogen-bond acceptors (Lipinski definition) is 5. The molecule has 1 fully saturated rings. The van der Waals surface area contributed by atoms with E-state index in [1.807, 2.05) is 35.4 Å². The highest BCUT2D eigenvalue weighted by molar-refractivity contribution is 5.97. The van der Waals surface area contributed by atoms with Gasteiger partial charge in [-0.05, 0) is 38.1 Å². The van der Waals surface area contributed by atoms with E-state index >= 15 is 0 Å². The van der Waals surface area contributed by atoms with Crippen molar-refractivity contribution in [1.29, 1.82) is 0 Å². The number of carbonyl (C=O) groups is 1. The third kappa shape index (κ3) is 3.29. The molecule has 2 aliphatic heterocycles. The molecule has 1 N–H and O–H groups in total. The van der Waals surface area contributed by atoms with Gasteiger partial charge in [0.2, 0.25) is 0 Å². The zero-order chi connectivity index (χ0) is 17.9. The topological polar surface area (TPSA) is 67.3 Å². The minimum absolute atomic E-state index is 0.00414. The summed E-state index contributed by atoms with van der Waals surface area (Å²) in [5.74, 6) is 2.03. The van der Waals surface area contributed by atoms with Crippen molar-refractivity contribution in [3.05, 3.63) is 53.1 Å². The van der Waals surface area contributed by atoms with Crippen molar-refractivity contribution in [2.75, 3.05) is 26.7 Å². The maximum atomic E-state index is 12.9. The van der Waals surface area contributed by atoms with Gasteiger partial charge in [-0.1, -0.05) is 12.1 Å². The number of hydrogen-bond donors (Lipinski definition) is 1. The Kier molecular flexibility index (Phi) is 4.84. The maximum absolute atomic E-state index is 12.9. The summed E-state index contributed by atoms with van der Waals surface area (Å²) in [6.45, 7) is 3.30. The first kappa shape index (κ1) is 17.0. The number of fused-ring (bicyclic) bond motifs is 1. The normalized spacial score (nSPS) is 17.7. The summed E-state index contributed by atoms with van der Waals surface area (Å²) in [6.07, 6.45) is 4.88. The highest BCUT2D eigenvalue weighted by atomic mass is 16.5. The van der Waals surface area contributed by atoms with Crippen molar-refractivity contribution in [3.63, 3.8) is 0 Å². The fourth-order valence-electron chi connectivity index (χ4n) is 3.77. The number of methoxy groups -OCH3 is 1. The summed E-state index contributed by atoms with van der Waals surface area (Å²) in [5.41, 5.74) is 2.75. The quantitative estimate of drug-likeness (QED) is 0.917. The van der Waals surface area contributed by atoms with Crippen LogP contribution in [-0.4, -0.2) is 47.5 Å². The van der Waals surface area contributed by atoms with Gasteiger partial charge in [0.25, 0.3) is 5.91 Å². The van der Waals surface area contributed by atoms with Crippen LogP contribution in [0.5, 0.6) is 5.75 Å². The van der Waals surface area contributed by atoms with Gasteiger partial charge in [0.15, 0.2) is 0 Å². The number of piperidine rings is 1. The van der Waals surface area contributed by atoms with E-state index in [-0.39, 0.29) is 5.91 Å². The van der Waals surface area contributed by atoms with Crippen LogP contribution in [-0.2, 0) is 13.0 Å². The van der Waals surface area contributed by atoms with Crippen LogP contribution in [0, 0.1) is 0 Å². The van der Waals surface area contributed by atoms with Crippen molar-refractivity contribution in [2.45, 2.75) is 31.7 Å². The standard InChI is InChI=1S/C20H24N4O2/c1-26-18-5-3-2-4-16(18)20(25)24-11-8-17-15(13-24)12-22-19(23-17)14-6-9-21-10-7-14/h2-5,12,14,21H,6-11,13H2,1H3. The monoisotopic (exact) mass is 352 g/mol. The minimum atomic E-state index is -0.00414. The van der Waals surface area contributed by atoms with E-state index in [0.717, 1.165) is 49.4 Å². The molecule has 136 valence electrons. The number of ether oxygens (including phenoxy) is 1. The lowest BCUT2D eigenvalue weighted by Gasteiger charge is -2.29. The van der Waals surface area contributed by atoms with Gasteiger partial charge in [-0.2, -0.15) is 0 Å². The lowest BCUT2D eigenvalue weighted by atomic mass is 9.96. The van der Waals surface area contributed by atoms with Crippen molar-refractivity contribution in [1.82, 2.24) is 20.2 Å². The second-order valence-electron chi connectivity index (χ2n) is 6.90. The number of para-hydroxylation sites is 1. The largest absolute Gasteiger partial charge is 0.496 e. The molecule has 0 radical (unpaired) electrons. The smallest absolute Gasteiger partial charge is 0.257 e. The molecule has 2 aromatic rings. The van der Waals surface area contributed by atoms with Gasteiger partial charge in [0, 0.05) is 37.2 Å². The first-order chi connectivity index (χ1) is 12.8. The summed E-state index contributed by atoms with van der Waals surface area (Å²) in [5, 5.41) is 3.38. The van der Waals surface area contributed by atoms with Gasteiger partial charge in [0.05, 0.1) is 18.4 Å². The summed E-state index contributed by atoms with van der Waals surface area (Å²) in [7, 11) is 1.59. The fraction of sp³-hybridized carbons (Fsp3) is 0.450. The van der Waals surface area contributed by atoms with Gasteiger partial charge >= 0.3 is 0 Å². The summed E-state index contributed by atoms with van der Waals surface area (Å²) < 4.78 is 5.33. The van der Waals surface area contributed by atoms with Gasteiger partial charge in [0.1, 0.15) is 11.6 Å². The number of nitrogens with zero attached hydrogens (tertiary/aromatic N) is 3. The van der Waals surface area contributed by atoms with E-state index in [2.05, 4.69) is 10.3 Å². The molecular weight excluding hydrogens is 328 g/mol. The van der Waals surface area contributed by atoms with Crippen LogP contribution in [0.15, 0.2) is 30.5 Å². The number of benzene rings is 1. The first-order valence-corrected chi connectivity index (χ1v) is 9.24. The number of carbonyl (C=O) groups excluding carboxylic acids is 1.